The number of pyridine rings is 2. The Morgan fingerprint density at radius 2 is 1.88 bits per heavy atom. The maximum Gasteiger partial charge on any atom is 0.422 e. The molecule has 2 amide bonds. The highest BCUT2D eigenvalue weighted by molar-refractivity contribution is 5.73. The molecule has 2 heterocycles. The summed E-state index contributed by atoms with van der Waals surface area (Å²) in [5.74, 6) is -0.152. The lowest BCUT2D eigenvalue weighted by Gasteiger charge is -2.10. The van der Waals surface area contributed by atoms with E-state index >= 15 is 0 Å². The summed E-state index contributed by atoms with van der Waals surface area (Å²) < 4.78 is 40.8. The summed E-state index contributed by atoms with van der Waals surface area (Å²) in [5, 5.41) is 5.21. The van der Waals surface area contributed by atoms with Gasteiger partial charge in [-0.2, -0.15) is 13.2 Å². The zero-order valence-corrected chi connectivity index (χ0v) is 12.5. The van der Waals surface area contributed by atoms with Crippen LogP contribution in [0.3, 0.4) is 0 Å². The minimum Gasteiger partial charge on any atom is -0.468 e. The van der Waals surface area contributed by atoms with Gasteiger partial charge in [-0.15, -0.1) is 0 Å². The zero-order valence-electron chi connectivity index (χ0n) is 12.5. The van der Waals surface area contributed by atoms with E-state index < -0.39 is 18.8 Å². The Kier molecular flexibility index (Phi) is 5.94. The molecule has 0 aliphatic rings. The highest BCUT2D eigenvalue weighted by atomic mass is 19.4. The molecule has 0 radical (unpaired) electrons. The van der Waals surface area contributed by atoms with Crippen molar-refractivity contribution in [2.75, 3.05) is 6.61 Å². The Bertz CT molecular complexity index is 665. The van der Waals surface area contributed by atoms with E-state index in [1.54, 1.807) is 30.5 Å². The van der Waals surface area contributed by atoms with Gasteiger partial charge >= 0.3 is 12.2 Å². The van der Waals surface area contributed by atoms with Gasteiger partial charge in [-0.05, 0) is 23.8 Å². The van der Waals surface area contributed by atoms with Crippen LogP contribution < -0.4 is 15.4 Å². The molecule has 0 aromatic carbocycles. The summed E-state index contributed by atoms with van der Waals surface area (Å²) in [6.07, 6.45) is -1.50. The summed E-state index contributed by atoms with van der Waals surface area (Å²) >= 11 is 0. The predicted octanol–water partition coefficient (Wildman–Crippen LogP) is 2.42. The van der Waals surface area contributed by atoms with Gasteiger partial charge in [0, 0.05) is 25.0 Å². The molecule has 0 saturated carbocycles. The molecular weight excluding hydrogens is 325 g/mol. The van der Waals surface area contributed by atoms with Crippen LogP contribution in [0.1, 0.15) is 11.3 Å². The summed E-state index contributed by atoms with van der Waals surface area (Å²) in [5.41, 5.74) is 1.27. The first-order valence-electron chi connectivity index (χ1n) is 6.98. The number of carbonyl (C=O) groups excluding carboxylic acids is 1. The highest BCUT2D eigenvalue weighted by Gasteiger charge is 2.28. The lowest BCUT2D eigenvalue weighted by Crippen LogP contribution is -2.34. The lowest BCUT2D eigenvalue weighted by atomic mass is 10.2. The fraction of sp³-hybridized carbons (Fsp3) is 0.267. The van der Waals surface area contributed by atoms with Crippen LogP contribution in [0.15, 0.2) is 42.7 Å². The number of nitrogens with zero attached hydrogens (tertiary/aromatic N) is 2. The van der Waals surface area contributed by atoms with E-state index in [1.807, 2.05) is 0 Å². The molecule has 0 fully saturated rings. The summed E-state index contributed by atoms with van der Waals surface area (Å²) in [6, 6.07) is 7.83. The van der Waals surface area contributed by atoms with Crippen LogP contribution >= 0.6 is 0 Å². The molecule has 0 bridgehead atoms. The molecule has 0 atom stereocenters. The number of carbonyl (C=O) groups is 1. The second-order valence-corrected chi connectivity index (χ2v) is 4.76. The van der Waals surface area contributed by atoms with E-state index in [4.69, 9.17) is 0 Å². The second kappa shape index (κ2) is 8.14. The van der Waals surface area contributed by atoms with E-state index in [0.717, 1.165) is 0 Å². The highest BCUT2D eigenvalue weighted by Crippen LogP contribution is 2.17. The molecule has 128 valence electrons. The van der Waals surface area contributed by atoms with Crippen molar-refractivity contribution in [1.29, 1.82) is 0 Å². The largest absolute Gasteiger partial charge is 0.468 e. The predicted molar refractivity (Wildman–Crippen MR) is 79.1 cm³/mol. The number of rotatable bonds is 6. The first kappa shape index (κ1) is 17.5. The maximum atomic E-state index is 12.1. The molecule has 2 N–H and O–H groups in total. The average molecular weight is 340 g/mol. The van der Waals surface area contributed by atoms with Gasteiger partial charge in [0.2, 0.25) is 5.88 Å². The standard InChI is InChI=1S/C15H15F3N4O2/c16-15(17,18)10-24-13-7-11(4-6-20-13)8-21-14(23)22-9-12-3-1-2-5-19-12/h1-7H,8-10H2,(H2,21,22,23). The molecule has 24 heavy (non-hydrogen) atoms. The van der Waals surface area contributed by atoms with Gasteiger partial charge in [0.15, 0.2) is 6.61 Å². The quantitative estimate of drug-likeness (QED) is 0.847. The molecule has 0 aliphatic heterocycles. The molecule has 6 nitrogen and oxygen atoms in total. The fourth-order valence-corrected chi connectivity index (χ4v) is 1.71. The number of amides is 2. The van der Waals surface area contributed by atoms with Crippen molar-refractivity contribution in [3.63, 3.8) is 0 Å². The number of hydrogen-bond donors (Lipinski definition) is 2. The van der Waals surface area contributed by atoms with Crippen LogP contribution in [-0.4, -0.2) is 28.8 Å². The van der Waals surface area contributed by atoms with Crippen LogP contribution in [0.5, 0.6) is 5.88 Å². The molecule has 2 aromatic heterocycles. The number of aromatic nitrogens is 2. The molecule has 9 heteroatoms. The van der Waals surface area contributed by atoms with E-state index in [2.05, 4.69) is 25.3 Å². The summed E-state index contributed by atoms with van der Waals surface area (Å²) in [7, 11) is 0. The fourth-order valence-electron chi connectivity index (χ4n) is 1.71. The Hall–Kier alpha value is -2.84. The topological polar surface area (TPSA) is 76.1 Å². The second-order valence-electron chi connectivity index (χ2n) is 4.76. The molecular formula is C15H15F3N4O2. The van der Waals surface area contributed by atoms with Gasteiger partial charge in [0.25, 0.3) is 0 Å². The number of hydrogen-bond acceptors (Lipinski definition) is 4. The molecule has 0 aliphatic carbocycles. The van der Waals surface area contributed by atoms with Gasteiger partial charge < -0.3 is 15.4 Å². The number of alkyl halides is 3. The average Bonchev–Trinajstić information content (AvgIpc) is 2.57. The van der Waals surface area contributed by atoms with Gasteiger partial charge in [-0.1, -0.05) is 6.07 Å². The van der Waals surface area contributed by atoms with Crippen molar-refractivity contribution in [2.45, 2.75) is 19.3 Å². The van der Waals surface area contributed by atoms with E-state index in [1.165, 1.54) is 12.3 Å². The van der Waals surface area contributed by atoms with Crippen molar-refractivity contribution in [3.8, 4) is 5.88 Å². The SMILES string of the molecule is O=C(NCc1ccnc(OCC(F)(F)F)c1)NCc1ccccn1. The van der Waals surface area contributed by atoms with Crippen molar-refractivity contribution in [3.05, 3.63) is 54.0 Å². The van der Waals surface area contributed by atoms with Crippen LogP contribution in [-0.2, 0) is 13.1 Å². The Labute approximate surface area is 136 Å². The zero-order chi connectivity index (χ0) is 17.4. The third kappa shape index (κ3) is 6.51. The van der Waals surface area contributed by atoms with E-state index in [9.17, 15) is 18.0 Å². The third-order valence-electron chi connectivity index (χ3n) is 2.79. The van der Waals surface area contributed by atoms with Crippen LogP contribution in [0, 0.1) is 0 Å². The molecule has 2 aromatic rings. The molecule has 2 rings (SSSR count). The Balaban J connectivity index is 1.78. The number of nitrogens with one attached hydrogen (secondary N) is 2. The van der Waals surface area contributed by atoms with Crippen LogP contribution in [0.25, 0.3) is 0 Å². The molecule has 0 spiro atoms. The first-order valence-corrected chi connectivity index (χ1v) is 6.98. The van der Waals surface area contributed by atoms with E-state index in [-0.39, 0.29) is 19.0 Å². The van der Waals surface area contributed by atoms with Gasteiger partial charge in [-0.3, -0.25) is 4.98 Å². The maximum absolute atomic E-state index is 12.1. The van der Waals surface area contributed by atoms with Gasteiger partial charge in [0.1, 0.15) is 0 Å². The molecule has 0 saturated heterocycles. The van der Waals surface area contributed by atoms with Crippen LogP contribution in [0.4, 0.5) is 18.0 Å². The van der Waals surface area contributed by atoms with Gasteiger partial charge in [0.05, 0.1) is 12.2 Å². The van der Waals surface area contributed by atoms with Crippen molar-refractivity contribution in [2.24, 2.45) is 0 Å². The van der Waals surface area contributed by atoms with E-state index in [0.29, 0.717) is 11.3 Å². The third-order valence-corrected chi connectivity index (χ3v) is 2.79. The summed E-state index contributed by atoms with van der Waals surface area (Å²) in [6.45, 7) is -1.02. The monoisotopic (exact) mass is 340 g/mol. The summed E-state index contributed by atoms with van der Waals surface area (Å²) in [4.78, 5) is 19.4. The van der Waals surface area contributed by atoms with Crippen molar-refractivity contribution >= 4 is 6.03 Å². The van der Waals surface area contributed by atoms with Crippen molar-refractivity contribution in [1.82, 2.24) is 20.6 Å². The molecule has 0 unspecified atom stereocenters. The Morgan fingerprint density at radius 1 is 1.08 bits per heavy atom. The smallest absolute Gasteiger partial charge is 0.422 e. The van der Waals surface area contributed by atoms with Gasteiger partial charge in [-0.25, -0.2) is 9.78 Å². The normalized spacial score (nSPS) is 11.0. The Morgan fingerprint density at radius 3 is 2.58 bits per heavy atom. The van der Waals surface area contributed by atoms with Crippen molar-refractivity contribution < 1.29 is 22.7 Å². The lowest BCUT2D eigenvalue weighted by molar-refractivity contribution is -0.154. The number of ether oxygens (including phenoxy) is 1. The number of halogens is 3. The number of urea groups is 1. The minimum atomic E-state index is -4.43. The van der Waals surface area contributed by atoms with Crippen LogP contribution in [0.2, 0.25) is 0 Å². The minimum absolute atomic E-state index is 0.124. The first-order chi connectivity index (χ1) is 11.4.